The number of ketones is 1. The topological polar surface area (TPSA) is 79.5 Å². The van der Waals surface area contributed by atoms with Crippen LogP contribution >= 0.6 is 0 Å². The van der Waals surface area contributed by atoms with Crippen molar-refractivity contribution in [3.05, 3.63) is 88.8 Å². The predicted molar refractivity (Wildman–Crippen MR) is 88.2 cm³/mol. The molecule has 26 heavy (non-hydrogen) atoms. The molecule has 2 aromatic heterocycles. The predicted octanol–water partition coefficient (Wildman–Crippen LogP) is 3.04. The smallest absolute Gasteiger partial charge is 0.188 e. The van der Waals surface area contributed by atoms with Crippen LogP contribution in [-0.4, -0.2) is 20.7 Å². The van der Waals surface area contributed by atoms with Gasteiger partial charge in [0.2, 0.25) is 0 Å². The summed E-state index contributed by atoms with van der Waals surface area (Å²) in [5, 5.41) is 8.68. The van der Waals surface area contributed by atoms with Crippen LogP contribution in [0.3, 0.4) is 0 Å². The molecule has 0 saturated carbocycles. The molecule has 0 N–H and O–H groups in total. The quantitative estimate of drug-likeness (QED) is 0.661. The molecule has 3 rings (SSSR count). The molecule has 0 aliphatic rings. The Bertz CT molecular complexity index is 980. The van der Waals surface area contributed by atoms with E-state index in [1.165, 1.54) is 18.5 Å². The van der Waals surface area contributed by atoms with Gasteiger partial charge in [-0.3, -0.25) is 9.78 Å². The molecule has 0 spiro atoms. The number of aromatic nitrogens is 3. The van der Waals surface area contributed by atoms with E-state index >= 15 is 0 Å². The van der Waals surface area contributed by atoms with E-state index in [9.17, 15) is 13.6 Å². The van der Waals surface area contributed by atoms with Crippen LogP contribution in [0.1, 0.15) is 33.0 Å². The number of nitrogens with zero attached hydrogens (tertiary/aromatic N) is 4. The second kappa shape index (κ2) is 7.57. The Labute approximate surface area is 148 Å². The first-order valence-electron chi connectivity index (χ1n) is 7.68. The average Bonchev–Trinajstić information content (AvgIpc) is 2.66. The van der Waals surface area contributed by atoms with Gasteiger partial charge in [0.05, 0.1) is 18.8 Å². The van der Waals surface area contributed by atoms with Crippen LogP contribution < -0.4 is 0 Å². The van der Waals surface area contributed by atoms with Crippen molar-refractivity contribution in [1.29, 1.82) is 5.26 Å². The number of carbonyl (C=O) groups excluding carboxylic acids is 1. The maximum absolute atomic E-state index is 13.2. The second-order valence-electron chi connectivity index (χ2n) is 5.58. The van der Waals surface area contributed by atoms with Gasteiger partial charge in [0, 0.05) is 11.9 Å². The van der Waals surface area contributed by atoms with Crippen LogP contribution in [0.25, 0.3) is 0 Å². The molecule has 0 aliphatic carbocycles. The first kappa shape index (κ1) is 17.3. The lowest BCUT2D eigenvalue weighted by Gasteiger charge is -2.04. The average molecular weight is 350 g/mol. The summed E-state index contributed by atoms with van der Waals surface area (Å²) in [6, 6.07) is 9.06. The zero-order chi connectivity index (χ0) is 18.5. The van der Waals surface area contributed by atoms with Crippen molar-refractivity contribution in [3.8, 4) is 6.07 Å². The lowest BCUT2D eigenvalue weighted by Crippen LogP contribution is -2.08. The Hall–Kier alpha value is -3.53. The molecule has 2 heterocycles. The summed E-state index contributed by atoms with van der Waals surface area (Å²) in [6.07, 6.45) is 4.55. The second-order valence-corrected chi connectivity index (χ2v) is 5.58. The molecule has 0 atom stereocenters. The first-order valence-corrected chi connectivity index (χ1v) is 7.68. The molecule has 0 unspecified atom stereocenters. The van der Waals surface area contributed by atoms with Crippen molar-refractivity contribution in [2.75, 3.05) is 0 Å². The lowest BCUT2D eigenvalue weighted by atomic mass is 10.1. The van der Waals surface area contributed by atoms with E-state index in [2.05, 4.69) is 15.0 Å². The number of carbonyl (C=O) groups is 1. The van der Waals surface area contributed by atoms with Gasteiger partial charge in [-0.25, -0.2) is 18.7 Å². The zero-order valence-electron chi connectivity index (χ0n) is 13.5. The summed E-state index contributed by atoms with van der Waals surface area (Å²) in [5.74, 6) is -2.03. The Kier molecular flexibility index (Phi) is 5.04. The van der Waals surface area contributed by atoms with Gasteiger partial charge in [-0.2, -0.15) is 5.26 Å². The van der Waals surface area contributed by atoms with E-state index in [0.717, 1.165) is 17.7 Å². The van der Waals surface area contributed by atoms with Crippen molar-refractivity contribution < 1.29 is 13.6 Å². The third-order valence-electron chi connectivity index (χ3n) is 3.67. The first-order chi connectivity index (χ1) is 12.5. The number of rotatable bonds is 5. The van der Waals surface area contributed by atoms with Crippen molar-refractivity contribution in [1.82, 2.24) is 15.0 Å². The van der Waals surface area contributed by atoms with Gasteiger partial charge >= 0.3 is 0 Å². The number of hydrogen-bond acceptors (Lipinski definition) is 5. The van der Waals surface area contributed by atoms with Gasteiger partial charge in [-0.15, -0.1) is 0 Å². The molecule has 0 fully saturated rings. The highest BCUT2D eigenvalue weighted by Crippen LogP contribution is 2.13. The molecule has 7 heteroatoms. The van der Waals surface area contributed by atoms with Crippen molar-refractivity contribution in [2.24, 2.45) is 0 Å². The Balaban J connectivity index is 1.66. The molecule has 128 valence electrons. The van der Waals surface area contributed by atoms with Gasteiger partial charge in [-0.1, -0.05) is 12.1 Å². The van der Waals surface area contributed by atoms with E-state index in [1.807, 2.05) is 6.07 Å². The van der Waals surface area contributed by atoms with Crippen molar-refractivity contribution in [3.63, 3.8) is 0 Å². The Morgan fingerprint density at radius 3 is 2.38 bits per heavy atom. The summed E-state index contributed by atoms with van der Waals surface area (Å²) >= 11 is 0. The minimum Gasteiger partial charge on any atom is -0.292 e. The van der Waals surface area contributed by atoms with Gasteiger partial charge in [-0.05, 0) is 35.7 Å². The largest absolute Gasteiger partial charge is 0.292 e. The van der Waals surface area contributed by atoms with Gasteiger partial charge in [0.25, 0.3) is 0 Å². The van der Waals surface area contributed by atoms with Crippen LogP contribution in [-0.2, 0) is 12.8 Å². The number of pyridine rings is 1. The highest BCUT2D eigenvalue weighted by molar-refractivity contribution is 5.95. The van der Waals surface area contributed by atoms with E-state index in [0.29, 0.717) is 17.7 Å². The number of halogens is 2. The van der Waals surface area contributed by atoms with Crippen molar-refractivity contribution in [2.45, 2.75) is 12.8 Å². The van der Waals surface area contributed by atoms with Crippen LogP contribution in [0.2, 0.25) is 0 Å². The fourth-order valence-corrected chi connectivity index (χ4v) is 2.33. The molecule has 0 saturated heterocycles. The fourth-order valence-electron chi connectivity index (χ4n) is 2.33. The van der Waals surface area contributed by atoms with Crippen LogP contribution in [0.5, 0.6) is 0 Å². The number of hydrogen-bond donors (Lipinski definition) is 0. The molecule has 0 amide bonds. The van der Waals surface area contributed by atoms with Crippen LogP contribution in [0, 0.1) is 23.0 Å². The van der Waals surface area contributed by atoms with E-state index in [4.69, 9.17) is 5.26 Å². The Morgan fingerprint density at radius 1 is 0.962 bits per heavy atom. The molecular formula is C19H12F2N4O. The van der Waals surface area contributed by atoms with E-state index in [-0.39, 0.29) is 23.6 Å². The van der Waals surface area contributed by atoms with E-state index < -0.39 is 11.6 Å². The summed E-state index contributed by atoms with van der Waals surface area (Å²) in [4.78, 5) is 24.1. The summed E-state index contributed by atoms with van der Waals surface area (Å²) in [7, 11) is 0. The van der Waals surface area contributed by atoms with Crippen molar-refractivity contribution >= 4 is 5.78 Å². The fraction of sp³-hybridized carbons (Fsp3) is 0.105. The standard InChI is InChI=1S/C19H12F2N4O/c20-16-4-2-12(6-17(16)21)5-13-1-3-14(23-9-13)7-19(26)18-11-24-15(8-22)10-25-18/h1-4,6,9-11H,5,7H2. The summed E-state index contributed by atoms with van der Waals surface area (Å²) in [5.41, 5.74) is 2.29. The van der Waals surface area contributed by atoms with Gasteiger partial charge in [0.15, 0.2) is 23.1 Å². The maximum Gasteiger partial charge on any atom is 0.188 e. The van der Waals surface area contributed by atoms with E-state index in [1.54, 1.807) is 18.3 Å². The maximum atomic E-state index is 13.2. The van der Waals surface area contributed by atoms with Gasteiger partial charge in [0.1, 0.15) is 11.8 Å². The van der Waals surface area contributed by atoms with Crippen LogP contribution in [0.15, 0.2) is 48.9 Å². The van der Waals surface area contributed by atoms with Gasteiger partial charge < -0.3 is 0 Å². The van der Waals surface area contributed by atoms with Crippen LogP contribution in [0.4, 0.5) is 8.78 Å². The monoisotopic (exact) mass is 350 g/mol. The molecule has 0 aliphatic heterocycles. The minimum absolute atomic E-state index is 0.0477. The molecule has 1 aromatic carbocycles. The highest BCUT2D eigenvalue weighted by atomic mass is 19.2. The molecular weight excluding hydrogens is 338 g/mol. The molecule has 5 nitrogen and oxygen atoms in total. The zero-order valence-corrected chi connectivity index (χ0v) is 13.5. The third-order valence-corrected chi connectivity index (χ3v) is 3.67. The third kappa shape index (κ3) is 4.11. The normalized spacial score (nSPS) is 10.3. The molecule has 3 aromatic rings. The highest BCUT2D eigenvalue weighted by Gasteiger charge is 2.11. The number of nitriles is 1. The molecule has 0 bridgehead atoms. The SMILES string of the molecule is N#Cc1cnc(C(=O)Cc2ccc(Cc3ccc(F)c(F)c3)cn2)cn1. The lowest BCUT2D eigenvalue weighted by molar-refractivity contribution is 0.0986. The summed E-state index contributed by atoms with van der Waals surface area (Å²) < 4.78 is 26.2. The molecule has 0 radical (unpaired) electrons. The minimum atomic E-state index is -0.888. The Morgan fingerprint density at radius 2 is 1.77 bits per heavy atom. The summed E-state index contributed by atoms with van der Waals surface area (Å²) in [6.45, 7) is 0. The number of benzene rings is 1. The number of Topliss-reactive ketones (excluding diaryl/α,β-unsaturated/α-hetero) is 1.